The summed E-state index contributed by atoms with van der Waals surface area (Å²) in [7, 11) is 1.32. The molecule has 2 aliphatic heterocycles. The third-order valence-corrected chi connectivity index (χ3v) is 4.61. The van der Waals surface area contributed by atoms with Gasteiger partial charge in [-0.25, -0.2) is 4.79 Å². The van der Waals surface area contributed by atoms with Gasteiger partial charge in [-0.05, 0) is 39.3 Å². The van der Waals surface area contributed by atoms with E-state index in [1.165, 1.54) is 25.2 Å². The Bertz CT molecular complexity index is 916. The lowest BCUT2D eigenvalue weighted by Gasteiger charge is -2.32. The van der Waals surface area contributed by atoms with Crippen LogP contribution in [0.1, 0.15) is 54.3 Å². The molecule has 154 valence electrons. The number of amides is 4. The molecule has 9 heteroatoms. The number of imide groups is 2. The Morgan fingerprint density at radius 1 is 1.14 bits per heavy atom. The van der Waals surface area contributed by atoms with Crippen molar-refractivity contribution in [3.63, 3.8) is 0 Å². The van der Waals surface area contributed by atoms with Crippen LogP contribution in [0.4, 0.5) is 0 Å². The molecule has 0 aliphatic carbocycles. The molecule has 4 amide bonds. The number of ether oxygens (including phenoxy) is 2. The minimum Gasteiger partial charge on any atom is -0.481 e. The van der Waals surface area contributed by atoms with Crippen LogP contribution in [-0.4, -0.2) is 64.7 Å². The van der Waals surface area contributed by atoms with Gasteiger partial charge in [0.1, 0.15) is 17.4 Å². The van der Waals surface area contributed by atoms with Gasteiger partial charge in [0.25, 0.3) is 17.7 Å². The molecular weight excluding hydrogens is 380 g/mol. The van der Waals surface area contributed by atoms with Crippen molar-refractivity contribution in [3.05, 3.63) is 29.3 Å². The molecule has 9 nitrogen and oxygen atoms in total. The van der Waals surface area contributed by atoms with Gasteiger partial charge in [0, 0.05) is 13.5 Å². The number of benzene rings is 1. The van der Waals surface area contributed by atoms with Crippen molar-refractivity contribution in [2.45, 2.75) is 45.3 Å². The average Bonchev–Trinajstić information content (AvgIpc) is 2.89. The molecule has 0 saturated carbocycles. The zero-order valence-electron chi connectivity index (χ0n) is 16.7. The summed E-state index contributed by atoms with van der Waals surface area (Å²) in [6, 6.07) is 3.40. The van der Waals surface area contributed by atoms with E-state index in [1.807, 2.05) is 0 Å². The lowest BCUT2D eigenvalue weighted by atomic mass is 10.0. The largest absolute Gasteiger partial charge is 0.481 e. The molecule has 0 N–H and O–H groups in total. The van der Waals surface area contributed by atoms with Gasteiger partial charge >= 0.3 is 5.97 Å². The van der Waals surface area contributed by atoms with E-state index in [2.05, 4.69) is 0 Å². The maximum absolute atomic E-state index is 13.0. The molecule has 0 spiro atoms. The predicted octanol–water partition coefficient (Wildman–Crippen LogP) is 1.15. The van der Waals surface area contributed by atoms with Crippen molar-refractivity contribution in [3.8, 4) is 5.75 Å². The highest BCUT2D eigenvalue weighted by Crippen LogP contribution is 2.34. The summed E-state index contributed by atoms with van der Waals surface area (Å²) in [6.07, 6.45) is 0.129. The van der Waals surface area contributed by atoms with E-state index < -0.39 is 41.9 Å². The van der Waals surface area contributed by atoms with Crippen LogP contribution in [-0.2, 0) is 19.1 Å². The molecule has 29 heavy (non-hydrogen) atoms. The second-order valence-corrected chi connectivity index (χ2v) is 7.88. The molecule has 1 unspecified atom stereocenters. The SMILES string of the molecule is CN1C(=O)CCC(N2C(=O)c3cccc(OCC(=O)OC(C)(C)C)c3C2=O)C1=O. The summed E-state index contributed by atoms with van der Waals surface area (Å²) in [5, 5.41) is 0. The van der Waals surface area contributed by atoms with E-state index in [0.717, 1.165) is 9.80 Å². The van der Waals surface area contributed by atoms with Crippen LogP contribution in [0.5, 0.6) is 5.75 Å². The van der Waals surface area contributed by atoms with E-state index in [4.69, 9.17) is 9.47 Å². The number of carbonyl (C=O) groups is 5. The maximum Gasteiger partial charge on any atom is 0.344 e. The lowest BCUT2D eigenvalue weighted by molar-refractivity contribution is -0.157. The monoisotopic (exact) mass is 402 g/mol. The fourth-order valence-electron chi connectivity index (χ4n) is 3.32. The molecule has 1 aromatic rings. The van der Waals surface area contributed by atoms with Gasteiger partial charge in [-0.1, -0.05) is 6.07 Å². The predicted molar refractivity (Wildman–Crippen MR) is 99.1 cm³/mol. The Morgan fingerprint density at radius 2 is 1.83 bits per heavy atom. The summed E-state index contributed by atoms with van der Waals surface area (Å²) >= 11 is 0. The first-order valence-corrected chi connectivity index (χ1v) is 9.17. The number of rotatable bonds is 4. The van der Waals surface area contributed by atoms with Crippen LogP contribution in [0.3, 0.4) is 0 Å². The van der Waals surface area contributed by atoms with Crippen molar-refractivity contribution in [2.24, 2.45) is 0 Å². The number of hydrogen-bond donors (Lipinski definition) is 0. The number of carbonyl (C=O) groups excluding carboxylic acids is 5. The zero-order valence-corrected chi connectivity index (χ0v) is 16.7. The Balaban J connectivity index is 1.83. The quantitative estimate of drug-likeness (QED) is 0.549. The van der Waals surface area contributed by atoms with E-state index >= 15 is 0 Å². The smallest absolute Gasteiger partial charge is 0.344 e. The highest BCUT2D eigenvalue weighted by Gasteiger charge is 2.47. The fraction of sp³-hybridized carbons (Fsp3) is 0.450. The summed E-state index contributed by atoms with van der Waals surface area (Å²) in [5.41, 5.74) is -0.607. The number of fused-ring (bicyclic) bond motifs is 1. The van der Waals surface area contributed by atoms with Gasteiger partial charge in [-0.3, -0.25) is 29.0 Å². The topological polar surface area (TPSA) is 110 Å². The molecule has 0 radical (unpaired) electrons. The highest BCUT2D eigenvalue weighted by molar-refractivity contribution is 6.24. The number of hydrogen-bond acceptors (Lipinski definition) is 7. The van der Waals surface area contributed by atoms with Crippen LogP contribution in [0.25, 0.3) is 0 Å². The first kappa shape index (κ1) is 20.5. The Morgan fingerprint density at radius 3 is 2.48 bits per heavy atom. The van der Waals surface area contributed by atoms with Crippen molar-refractivity contribution in [2.75, 3.05) is 13.7 Å². The molecule has 2 aliphatic rings. The van der Waals surface area contributed by atoms with Crippen LogP contribution in [0.2, 0.25) is 0 Å². The van der Waals surface area contributed by atoms with Crippen molar-refractivity contribution in [1.29, 1.82) is 0 Å². The molecule has 1 atom stereocenters. The Hall–Kier alpha value is -3.23. The van der Waals surface area contributed by atoms with Crippen molar-refractivity contribution < 1.29 is 33.4 Å². The summed E-state index contributed by atoms with van der Waals surface area (Å²) < 4.78 is 10.6. The van der Waals surface area contributed by atoms with Crippen LogP contribution in [0.15, 0.2) is 18.2 Å². The third-order valence-electron chi connectivity index (χ3n) is 4.61. The van der Waals surface area contributed by atoms with E-state index in [1.54, 1.807) is 20.8 Å². The lowest BCUT2D eigenvalue weighted by Crippen LogP contribution is -2.54. The minimum atomic E-state index is -1.05. The Kier molecular flexibility index (Phi) is 5.16. The summed E-state index contributed by atoms with van der Waals surface area (Å²) in [5.74, 6) is -2.84. The first-order chi connectivity index (χ1) is 13.5. The van der Waals surface area contributed by atoms with E-state index in [0.29, 0.717) is 0 Å². The molecule has 1 aromatic carbocycles. The summed E-state index contributed by atoms with van der Waals surface area (Å²) in [4.78, 5) is 63.7. The number of nitrogens with zero attached hydrogens (tertiary/aromatic N) is 2. The summed E-state index contributed by atoms with van der Waals surface area (Å²) in [6.45, 7) is 4.71. The molecule has 2 heterocycles. The molecule has 1 saturated heterocycles. The van der Waals surface area contributed by atoms with Gasteiger partial charge in [0.05, 0.1) is 11.1 Å². The number of esters is 1. The van der Waals surface area contributed by atoms with Gasteiger partial charge in [-0.2, -0.15) is 0 Å². The zero-order chi connectivity index (χ0) is 21.5. The van der Waals surface area contributed by atoms with Gasteiger partial charge < -0.3 is 9.47 Å². The molecule has 0 aromatic heterocycles. The van der Waals surface area contributed by atoms with Crippen LogP contribution in [0, 0.1) is 0 Å². The van der Waals surface area contributed by atoms with Gasteiger partial charge in [0.15, 0.2) is 6.61 Å². The molecular formula is C20H22N2O7. The first-order valence-electron chi connectivity index (χ1n) is 9.17. The standard InChI is InChI=1S/C20H22N2O7/c1-20(2,3)29-15(24)10-28-13-7-5-6-11-16(13)19(27)22(17(11)25)12-8-9-14(23)21(4)18(12)26/h5-7,12H,8-10H2,1-4H3. The number of likely N-dealkylation sites (tertiary alicyclic amines) is 1. The van der Waals surface area contributed by atoms with Crippen molar-refractivity contribution in [1.82, 2.24) is 9.80 Å². The van der Waals surface area contributed by atoms with Gasteiger partial charge in [0.2, 0.25) is 5.91 Å². The molecule has 1 fully saturated rings. The molecule has 3 rings (SSSR count). The fourth-order valence-corrected chi connectivity index (χ4v) is 3.32. The second kappa shape index (κ2) is 7.31. The van der Waals surface area contributed by atoms with Crippen LogP contribution < -0.4 is 4.74 Å². The van der Waals surface area contributed by atoms with Crippen LogP contribution >= 0.6 is 0 Å². The molecule has 0 bridgehead atoms. The Labute approximate surface area is 167 Å². The average molecular weight is 402 g/mol. The normalized spacial score (nSPS) is 19.5. The van der Waals surface area contributed by atoms with E-state index in [-0.39, 0.29) is 35.6 Å². The minimum absolute atomic E-state index is 0.00610. The van der Waals surface area contributed by atoms with Crippen molar-refractivity contribution >= 4 is 29.6 Å². The maximum atomic E-state index is 13.0. The van der Waals surface area contributed by atoms with E-state index in [9.17, 15) is 24.0 Å². The highest BCUT2D eigenvalue weighted by atomic mass is 16.6. The number of likely N-dealkylation sites (N-methyl/N-ethyl adjacent to an activating group) is 1. The van der Waals surface area contributed by atoms with Gasteiger partial charge in [-0.15, -0.1) is 0 Å². The number of piperidine rings is 1. The second-order valence-electron chi connectivity index (χ2n) is 7.88. The third kappa shape index (κ3) is 3.85.